The maximum atomic E-state index is 12.6. The van der Waals surface area contributed by atoms with Crippen molar-refractivity contribution >= 4 is 44.4 Å². The van der Waals surface area contributed by atoms with Gasteiger partial charge in [-0.25, -0.2) is 5.32 Å². The number of nitrogens with zero attached hydrogens (tertiary/aromatic N) is 1. The molecular weight excluding hydrogens is 599 g/mol. The van der Waals surface area contributed by atoms with E-state index in [9.17, 15) is 4.79 Å². The van der Waals surface area contributed by atoms with Crippen LogP contribution in [0.2, 0.25) is 0 Å². The minimum absolute atomic E-state index is 0.0658. The molecule has 4 aromatic rings. The lowest BCUT2D eigenvalue weighted by Gasteiger charge is -2.09. The lowest BCUT2D eigenvalue weighted by Crippen LogP contribution is -2.25. The Hall–Kier alpha value is -2.48. The van der Waals surface area contributed by atoms with Gasteiger partial charge in [0.1, 0.15) is 0 Å². The van der Waals surface area contributed by atoms with E-state index in [1.165, 1.54) is 25.8 Å². The molecule has 1 radical (unpaired) electrons. The van der Waals surface area contributed by atoms with Crippen molar-refractivity contribution in [3.05, 3.63) is 127 Å². The zero-order valence-corrected chi connectivity index (χ0v) is 22.4. The molecule has 4 rings (SSSR count). The highest BCUT2D eigenvalue weighted by molar-refractivity contribution is 14.1. The van der Waals surface area contributed by atoms with E-state index >= 15 is 0 Å². The standard InChI is InChI=1S/C29H25BrIN2O/c30-28-18-25(12-13-26(28)20-32-19-22-8-14-27(31)15-9-22)29(34)33-17-16-21-6-10-24(11-7-21)23-4-2-1-3-5-23/h1-15,18H,16-17,19-20H2,(H,33,34). The molecule has 0 aliphatic rings. The first-order chi connectivity index (χ1) is 16.6. The summed E-state index contributed by atoms with van der Waals surface area (Å²) < 4.78 is 2.13. The summed E-state index contributed by atoms with van der Waals surface area (Å²) in [7, 11) is 0. The van der Waals surface area contributed by atoms with Crippen LogP contribution in [0.4, 0.5) is 0 Å². The second-order valence-electron chi connectivity index (χ2n) is 8.04. The molecule has 1 N–H and O–H groups in total. The first-order valence-corrected chi connectivity index (χ1v) is 13.0. The number of benzene rings is 4. The number of carbonyl (C=O) groups excluding carboxylic acids is 1. The van der Waals surface area contributed by atoms with E-state index in [1.807, 2.05) is 36.4 Å². The molecule has 0 spiro atoms. The second-order valence-corrected chi connectivity index (χ2v) is 10.1. The SMILES string of the molecule is O=C(NCCc1ccc(-c2ccccc2)cc1)c1ccc(C[N]Cc2ccc(I)cc2)c(Br)c1. The number of nitrogens with one attached hydrogen (secondary N) is 1. The summed E-state index contributed by atoms with van der Waals surface area (Å²) >= 11 is 5.90. The third-order valence-electron chi connectivity index (χ3n) is 5.57. The summed E-state index contributed by atoms with van der Waals surface area (Å²) in [6, 6.07) is 32.9. The van der Waals surface area contributed by atoms with E-state index in [1.54, 1.807) is 0 Å². The molecule has 0 atom stereocenters. The fourth-order valence-electron chi connectivity index (χ4n) is 3.63. The van der Waals surface area contributed by atoms with Crippen molar-refractivity contribution in [1.82, 2.24) is 10.6 Å². The van der Waals surface area contributed by atoms with Crippen molar-refractivity contribution in [1.29, 1.82) is 0 Å². The van der Waals surface area contributed by atoms with Crippen LogP contribution >= 0.6 is 38.5 Å². The highest BCUT2D eigenvalue weighted by Gasteiger charge is 2.09. The van der Waals surface area contributed by atoms with Crippen LogP contribution < -0.4 is 10.6 Å². The van der Waals surface area contributed by atoms with Crippen LogP contribution in [-0.2, 0) is 19.5 Å². The van der Waals surface area contributed by atoms with Gasteiger partial charge in [0, 0.05) is 33.2 Å². The number of carbonyl (C=O) groups is 1. The zero-order chi connectivity index (χ0) is 23.8. The van der Waals surface area contributed by atoms with Gasteiger partial charge in [0.2, 0.25) is 0 Å². The largest absolute Gasteiger partial charge is 0.352 e. The van der Waals surface area contributed by atoms with E-state index in [2.05, 4.69) is 110 Å². The normalized spacial score (nSPS) is 10.8. The van der Waals surface area contributed by atoms with Crippen molar-refractivity contribution in [2.45, 2.75) is 19.5 Å². The molecule has 0 bridgehead atoms. The van der Waals surface area contributed by atoms with Gasteiger partial charge in [-0.15, -0.1) is 0 Å². The molecule has 0 aliphatic carbocycles. The Morgan fingerprint density at radius 1 is 0.794 bits per heavy atom. The van der Waals surface area contributed by atoms with Crippen LogP contribution in [0.1, 0.15) is 27.0 Å². The van der Waals surface area contributed by atoms with Gasteiger partial charge >= 0.3 is 0 Å². The van der Waals surface area contributed by atoms with E-state index in [0.29, 0.717) is 25.2 Å². The molecule has 34 heavy (non-hydrogen) atoms. The Kier molecular flexibility index (Phi) is 8.91. The Morgan fingerprint density at radius 3 is 2.18 bits per heavy atom. The zero-order valence-electron chi connectivity index (χ0n) is 18.7. The van der Waals surface area contributed by atoms with Crippen LogP contribution in [0.15, 0.2) is 102 Å². The van der Waals surface area contributed by atoms with Crippen LogP contribution in [0.5, 0.6) is 0 Å². The topological polar surface area (TPSA) is 43.2 Å². The molecule has 0 saturated heterocycles. The Morgan fingerprint density at radius 2 is 1.47 bits per heavy atom. The van der Waals surface area contributed by atoms with Crippen molar-refractivity contribution in [3.63, 3.8) is 0 Å². The molecule has 1 amide bonds. The summed E-state index contributed by atoms with van der Waals surface area (Å²) in [5.41, 5.74) is 6.52. The fourth-order valence-corrected chi connectivity index (χ4v) is 4.49. The van der Waals surface area contributed by atoms with Gasteiger partial charge in [-0.1, -0.05) is 88.7 Å². The van der Waals surface area contributed by atoms with E-state index < -0.39 is 0 Å². The number of hydrogen-bond donors (Lipinski definition) is 1. The number of halogens is 2. The highest BCUT2D eigenvalue weighted by Crippen LogP contribution is 2.20. The van der Waals surface area contributed by atoms with Crippen molar-refractivity contribution in [3.8, 4) is 11.1 Å². The Labute approximate surface area is 223 Å². The molecule has 0 aliphatic heterocycles. The first kappa shape index (κ1) is 24.6. The predicted molar refractivity (Wildman–Crippen MR) is 151 cm³/mol. The monoisotopic (exact) mass is 623 g/mol. The molecule has 0 heterocycles. The van der Waals surface area contributed by atoms with Gasteiger partial charge < -0.3 is 5.32 Å². The smallest absolute Gasteiger partial charge is 0.251 e. The maximum Gasteiger partial charge on any atom is 0.251 e. The first-order valence-electron chi connectivity index (χ1n) is 11.2. The van der Waals surface area contributed by atoms with E-state index in [0.717, 1.165) is 16.5 Å². The lowest BCUT2D eigenvalue weighted by molar-refractivity contribution is 0.0954. The average Bonchev–Trinajstić information content (AvgIpc) is 2.87. The number of amides is 1. The highest BCUT2D eigenvalue weighted by atomic mass is 127. The molecule has 0 aromatic heterocycles. The molecule has 4 aromatic carbocycles. The summed E-state index contributed by atoms with van der Waals surface area (Å²) in [4.78, 5) is 12.6. The van der Waals surface area contributed by atoms with Gasteiger partial charge in [-0.2, -0.15) is 0 Å². The van der Waals surface area contributed by atoms with Gasteiger partial charge in [0.15, 0.2) is 0 Å². The van der Waals surface area contributed by atoms with Crippen LogP contribution in [-0.4, -0.2) is 12.5 Å². The Balaban J connectivity index is 1.24. The van der Waals surface area contributed by atoms with Gasteiger partial charge in [0.05, 0.1) is 0 Å². The second kappa shape index (κ2) is 12.3. The van der Waals surface area contributed by atoms with Crippen molar-refractivity contribution < 1.29 is 4.79 Å². The molecule has 0 unspecified atom stereocenters. The van der Waals surface area contributed by atoms with Gasteiger partial charge in [-0.05, 0) is 81.1 Å². The van der Waals surface area contributed by atoms with E-state index in [-0.39, 0.29) is 5.91 Å². The van der Waals surface area contributed by atoms with Crippen LogP contribution in [0.25, 0.3) is 11.1 Å². The minimum atomic E-state index is -0.0658. The van der Waals surface area contributed by atoms with Crippen LogP contribution in [0, 0.1) is 3.57 Å². The molecule has 5 heteroatoms. The quantitative estimate of drug-likeness (QED) is 0.201. The van der Waals surface area contributed by atoms with Crippen molar-refractivity contribution in [2.24, 2.45) is 0 Å². The third-order valence-corrected chi connectivity index (χ3v) is 7.02. The predicted octanol–water partition coefficient (Wildman–Crippen LogP) is 7.00. The molecule has 0 fully saturated rings. The summed E-state index contributed by atoms with van der Waals surface area (Å²) in [5.74, 6) is -0.0658. The molecule has 171 valence electrons. The number of hydrogen-bond acceptors (Lipinski definition) is 1. The van der Waals surface area contributed by atoms with Gasteiger partial charge in [0.25, 0.3) is 5.91 Å². The summed E-state index contributed by atoms with van der Waals surface area (Å²) in [5, 5.41) is 7.68. The summed E-state index contributed by atoms with van der Waals surface area (Å²) in [6.45, 7) is 1.87. The minimum Gasteiger partial charge on any atom is -0.352 e. The Bertz CT molecular complexity index is 1230. The van der Waals surface area contributed by atoms with Gasteiger partial charge in [-0.3, -0.25) is 4.79 Å². The van der Waals surface area contributed by atoms with Crippen molar-refractivity contribution in [2.75, 3.05) is 6.54 Å². The average molecular weight is 624 g/mol. The van der Waals surface area contributed by atoms with E-state index in [4.69, 9.17) is 0 Å². The summed E-state index contributed by atoms with van der Waals surface area (Å²) in [6.07, 6.45) is 0.789. The molecule has 0 saturated carbocycles. The maximum absolute atomic E-state index is 12.6. The third kappa shape index (κ3) is 7.01. The molecular formula is C29H25BrIN2O. The molecule has 3 nitrogen and oxygen atoms in total. The number of rotatable bonds is 9. The van der Waals surface area contributed by atoms with Crippen LogP contribution in [0.3, 0.4) is 0 Å². The fraction of sp³-hybridized carbons (Fsp3) is 0.138. The lowest BCUT2D eigenvalue weighted by atomic mass is 10.0.